The normalized spacial score (nSPS) is 15.9. The molecule has 1 unspecified atom stereocenters. The zero-order valence-corrected chi connectivity index (χ0v) is 14.8. The van der Waals surface area contributed by atoms with Crippen molar-refractivity contribution in [3.63, 3.8) is 0 Å². The maximum Gasteiger partial charge on any atom is 0.407 e. The first-order chi connectivity index (χ1) is 8.75. The fourth-order valence-electron chi connectivity index (χ4n) is 1.51. The molecule has 4 nitrogen and oxygen atoms in total. The largest absolute Gasteiger partial charge is 0.444 e. The van der Waals surface area contributed by atoms with E-state index < -0.39 is 5.60 Å². The van der Waals surface area contributed by atoms with Gasteiger partial charge in [-0.1, -0.05) is 34.6 Å². The third-order valence-corrected chi connectivity index (χ3v) is 3.30. The molecule has 0 saturated heterocycles. The quantitative estimate of drug-likeness (QED) is 0.812. The molecule has 0 aromatic rings. The highest BCUT2D eigenvalue weighted by Crippen LogP contribution is 2.19. The van der Waals surface area contributed by atoms with Crippen molar-refractivity contribution in [1.82, 2.24) is 10.6 Å². The molecule has 0 aliphatic heterocycles. The predicted molar refractivity (Wildman–Crippen MR) is 84.9 cm³/mol. The number of alkyl carbamates (subject to hydrolysis) is 1. The maximum absolute atomic E-state index is 11.8. The average molecular weight is 286 g/mol. The first kappa shape index (κ1) is 19.2. The van der Waals surface area contributed by atoms with Gasteiger partial charge in [-0.25, -0.2) is 4.79 Å². The molecule has 0 heterocycles. The Balaban J connectivity index is 4.51. The van der Waals surface area contributed by atoms with Crippen molar-refractivity contribution in [3.05, 3.63) is 0 Å². The van der Waals surface area contributed by atoms with E-state index in [1.54, 1.807) is 0 Å². The molecule has 0 saturated carbocycles. The van der Waals surface area contributed by atoms with E-state index in [0.717, 1.165) is 6.54 Å². The summed E-state index contributed by atoms with van der Waals surface area (Å²) in [6, 6.07) is 0. The molecule has 0 rings (SSSR count). The Labute approximate surface area is 125 Å². The highest BCUT2D eigenvalue weighted by Gasteiger charge is 2.30. The van der Waals surface area contributed by atoms with Crippen molar-refractivity contribution in [2.24, 2.45) is 11.3 Å². The van der Waals surface area contributed by atoms with Gasteiger partial charge in [0.25, 0.3) is 0 Å². The Morgan fingerprint density at radius 3 is 1.85 bits per heavy atom. The molecule has 0 radical (unpaired) electrons. The summed E-state index contributed by atoms with van der Waals surface area (Å²) in [5, 5.41) is 6.46. The number of amides is 1. The highest BCUT2D eigenvalue weighted by molar-refractivity contribution is 5.67. The second-order valence-corrected chi connectivity index (χ2v) is 8.34. The third kappa shape index (κ3) is 8.41. The van der Waals surface area contributed by atoms with Crippen LogP contribution in [0.2, 0.25) is 0 Å². The summed E-state index contributed by atoms with van der Waals surface area (Å²) in [7, 11) is 0. The SMILES string of the molecule is CC(C)C(C)(CNC(=O)OC(C)(C)C)NCC(C)(C)C. The van der Waals surface area contributed by atoms with Gasteiger partial charge in [0.15, 0.2) is 0 Å². The molecular weight excluding hydrogens is 252 g/mol. The van der Waals surface area contributed by atoms with Crippen LogP contribution < -0.4 is 10.6 Å². The minimum atomic E-state index is -0.461. The fourth-order valence-corrected chi connectivity index (χ4v) is 1.51. The Hall–Kier alpha value is -0.770. The lowest BCUT2D eigenvalue weighted by Crippen LogP contribution is -2.57. The fraction of sp³-hybridized carbons (Fsp3) is 0.938. The molecule has 2 N–H and O–H groups in total. The van der Waals surface area contributed by atoms with Crippen LogP contribution in [-0.2, 0) is 4.74 Å². The lowest BCUT2D eigenvalue weighted by molar-refractivity contribution is 0.0501. The van der Waals surface area contributed by atoms with Crippen LogP contribution in [0.3, 0.4) is 0 Å². The molecule has 0 fully saturated rings. The Bertz CT molecular complexity index is 313. The number of nitrogens with one attached hydrogen (secondary N) is 2. The summed E-state index contributed by atoms with van der Waals surface area (Å²) in [6.45, 7) is 20.1. The maximum atomic E-state index is 11.8. The molecule has 0 spiro atoms. The van der Waals surface area contributed by atoms with Gasteiger partial charge < -0.3 is 15.4 Å². The summed E-state index contributed by atoms with van der Waals surface area (Å²) >= 11 is 0. The van der Waals surface area contributed by atoms with Crippen LogP contribution in [0, 0.1) is 11.3 Å². The predicted octanol–water partition coefficient (Wildman–Crippen LogP) is 3.56. The molecule has 0 aromatic carbocycles. The lowest BCUT2D eigenvalue weighted by atomic mass is 9.86. The number of rotatable bonds is 5. The van der Waals surface area contributed by atoms with Gasteiger partial charge in [0.2, 0.25) is 0 Å². The highest BCUT2D eigenvalue weighted by atomic mass is 16.6. The number of carbonyl (C=O) groups is 1. The number of carbonyl (C=O) groups excluding carboxylic acids is 1. The molecular formula is C16H34N2O2. The van der Waals surface area contributed by atoms with Gasteiger partial charge in [0, 0.05) is 18.6 Å². The van der Waals surface area contributed by atoms with Crippen molar-refractivity contribution in [3.8, 4) is 0 Å². The first-order valence-electron chi connectivity index (χ1n) is 7.47. The van der Waals surface area contributed by atoms with E-state index in [4.69, 9.17) is 4.74 Å². The minimum Gasteiger partial charge on any atom is -0.444 e. The van der Waals surface area contributed by atoms with Crippen LogP contribution in [-0.4, -0.2) is 30.3 Å². The minimum absolute atomic E-state index is 0.149. The standard InChI is InChI=1S/C16H34N2O2/c1-12(2)16(9,18-10-14(3,4)5)11-17-13(19)20-15(6,7)8/h12,18H,10-11H2,1-9H3,(H,17,19). The van der Waals surface area contributed by atoms with Gasteiger partial charge in [-0.05, 0) is 39.0 Å². The molecule has 120 valence electrons. The Kier molecular flexibility index (Phi) is 6.53. The van der Waals surface area contributed by atoms with Gasteiger partial charge in [-0.2, -0.15) is 0 Å². The van der Waals surface area contributed by atoms with Crippen LogP contribution in [0.25, 0.3) is 0 Å². The summed E-state index contributed by atoms with van der Waals surface area (Å²) in [4.78, 5) is 11.8. The van der Waals surface area contributed by atoms with Crippen LogP contribution in [0.1, 0.15) is 62.3 Å². The van der Waals surface area contributed by atoms with Crippen LogP contribution in [0.5, 0.6) is 0 Å². The molecule has 1 atom stereocenters. The van der Waals surface area contributed by atoms with Crippen LogP contribution in [0.15, 0.2) is 0 Å². The van der Waals surface area contributed by atoms with Crippen molar-refractivity contribution in [2.45, 2.75) is 73.5 Å². The van der Waals surface area contributed by atoms with Crippen LogP contribution in [0.4, 0.5) is 4.79 Å². The van der Waals surface area contributed by atoms with E-state index >= 15 is 0 Å². The smallest absolute Gasteiger partial charge is 0.407 e. The Morgan fingerprint density at radius 1 is 1.00 bits per heavy atom. The van der Waals surface area contributed by atoms with E-state index in [-0.39, 0.29) is 17.0 Å². The van der Waals surface area contributed by atoms with Crippen molar-refractivity contribution < 1.29 is 9.53 Å². The zero-order chi connectivity index (χ0) is 16.2. The topological polar surface area (TPSA) is 50.4 Å². The van der Waals surface area contributed by atoms with Gasteiger partial charge in [-0.3, -0.25) is 0 Å². The van der Waals surface area contributed by atoms with Crippen molar-refractivity contribution >= 4 is 6.09 Å². The second-order valence-electron chi connectivity index (χ2n) is 8.34. The molecule has 0 bridgehead atoms. The van der Waals surface area contributed by atoms with E-state index in [1.807, 2.05) is 20.8 Å². The van der Waals surface area contributed by atoms with Crippen molar-refractivity contribution in [1.29, 1.82) is 0 Å². The average Bonchev–Trinajstić information content (AvgIpc) is 2.20. The molecule has 0 aromatic heterocycles. The summed E-state index contributed by atoms with van der Waals surface area (Å²) < 4.78 is 5.28. The summed E-state index contributed by atoms with van der Waals surface area (Å²) in [5.74, 6) is 0.403. The first-order valence-corrected chi connectivity index (χ1v) is 7.47. The van der Waals surface area contributed by atoms with E-state index in [0.29, 0.717) is 12.5 Å². The molecule has 20 heavy (non-hydrogen) atoms. The molecule has 4 heteroatoms. The zero-order valence-electron chi connectivity index (χ0n) is 14.8. The van der Waals surface area contributed by atoms with Gasteiger partial charge in [-0.15, -0.1) is 0 Å². The lowest BCUT2D eigenvalue weighted by Gasteiger charge is -2.38. The van der Waals surface area contributed by atoms with E-state index in [2.05, 4.69) is 52.2 Å². The van der Waals surface area contributed by atoms with Crippen molar-refractivity contribution in [2.75, 3.05) is 13.1 Å². The summed E-state index contributed by atoms with van der Waals surface area (Å²) in [5.41, 5.74) is -0.399. The number of hydrogen-bond donors (Lipinski definition) is 2. The van der Waals surface area contributed by atoms with E-state index in [1.165, 1.54) is 0 Å². The van der Waals surface area contributed by atoms with Crippen LogP contribution >= 0.6 is 0 Å². The molecule has 1 amide bonds. The number of ether oxygens (including phenoxy) is 1. The Morgan fingerprint density at radius 2 is 1.50 bits per heavy atom. The molecule has 0 aliphatic rings. The van der Waals surface area contributed by atoms with Gasteiger partial charge in [0.1, 0.15) is 5.60 Å². The monoisotopic (exact) mass is 286 g/mol. The van der Waals surface area contributed by atoms with Gasteiger partial charge >= 0.3 is 6.09 Å². The van der Waals surface area contributed by atoms with E-state index in [9.17, 15) is 4.79 Å². The number of hydrogen-bond acceptors (Lipinski definition) is 3. The molecule has 0 aliphatic carbocycles. The summed E-state index contributed by atoms with van der Waals surface area (Å²) in [6.07, 6.45) is -0.359. The second kappa shape index (κ2) is 6.79. The third-order valence-electron chi connectivity index (χ3n) is 3.30. The van der Waals surface area contributed by atoms with Gasteiger partial charge in [0.05, 0.1) is 0 Å².